The Morgan fingerprint density at radius 2 is 1.93 bits per heavy atom. The number of aryl methyl sites for hydroxylation is 1. The van der Waals surface area contributed by atoms with Crippen molar-refractivity contribution in [3.8, 4) is 0 Å². The van der Waals surface area contributed by atoms with Gasteiger partial charge in [0, 0.05) is 23.5 Å². The lowest BCUT2D eigenvalue weighted by molar-refractivity contribution is 0.340. The van der Waals surface area contributed by atoms with Crippen LogP contribution in [0, 0.1) is 0 Å². The summed E-state index contributed by atoms with van der Waals surface area (Å²) in [5.74, 6) is 0.486. The number of aromatic amines is 1. The lowest BCUT2D eigenvalue weighted by Gasteiger charge is -2.28. The van der Waals surface area contributed by atoms with Crippen LogP contribution in [-0.2, 0) is 6.42 Å². The summed E-state index contributed by atoms with van der Waals surface area (Å²) in [6.07, 6.45) is 10.8. The average molecular weight is 374 g/mol. The molecule has 1 saturated carbocycles. The minimum Gasteiger partial charge on any atom is -0.346 e. The summed E-state index contributed by atoms with van der Waals surface area (Å²) in [5.41, 5.74) is 4.59. The molecule has 0 radical (unpaired) electrons. The molecule has 0 bridgehead atoms. The van der Waals surface area contributed by atoms with Crippen LogP contribution in [0.2, 0.25) is 0 Å². The number of nitrogens with zero attached hydrogens (tertiary/aromatic N) is 4. The first-order chi connectivity index (χ1) is 13.9. The fraction of sp³-hybridized carbons (Fsp3) is 0.409. The van der Waals surface area contributed by atoms with Gasteiger partial charge in [0.15, 0.2) is 0 Å². The lowest BCUT2D eigenvalue weighted by Crippen LogP contribution is -2.33. The molecule has 0 atom stereocenters. The molecule has 0 unspecified atom stereocenters. The molecule has 1 aliphatic rings. The summed E-state index contributed by atoms with van der Waals surface area (Å²) >= 11 is 0. The Bertz CT molecular complexity index is 1040. The van der Waals surface area contributed by atoms with Crippen molar-refractivity contribution in [1.82, 2.24) is 30.1 Å². The summed E-state index contributed by atoms with van der Waals surface area (Å²) in [4.78, 5) is 7.59. The molecule has 6 nitrogen and oxygen atoms in total. The van der Waals surface area contributed by atoms with E-state index >= 15 is 0 Å². The molecule has 0 aliphatic heterocycles. The van der Waals surface area contributed by atoms with Crippen molar-refractivity contribution in [2.24, 2.45) is 0 Å². The summed E-state index contributed by atoms with van der Waals surface area (Å²) in [6.45, 7) is 1.09. The predicted octanol–water partition coefficient (Wildman–Crippen LogP) is 3.85. The minimum absolute atomic E-state index is 0.486. The van der Waals surface area contributed by atoms with E-state index < -0.39 is 0 Å². The van der Waals surface area contributed by atoms with Gasteiger partial charge in [-0.2, -0.15) is 0 Å². The van der Waals surface area contributed by atoms with Crippen LogP contribution < -0.4 is 5.32 Å². The highest BCUT2D eigenvalue weighted by molar-refractivity contribution is 5.92. The normalized spacial score (nSPS) is 20.1. The molecule has 1 aromatic carbocycles. The molecule has 3 aromatic heterocycles. The third-order valence-electron chi connectivity index (χ3n) is 6.03. The minimum atomic E-state index is 0.486. The lowest BCUT2D eigenvalue weighted by atomic mass is 9.83. The van der Waals surface area contributed by atoms with E-state index in [0.717, 1.165) is 35.2 Å². The van der Waals surface area contributed by atoms with E-state index in [9.17, 15) is 0 Å². The molecule has 6 heteroatoms. The smallest absolute Gasteiger partial charge is 0.141 e. The van der Waals surface area contributed by atoms with Crippen molar-refractivity contribution in [3.63, 3.8) is 0 Å². The molecule has 1 aliphatic carbocycles. The van der Waals surface area contributed by atoms with Crippen molar-refractivity contribution >= 4 is 16.6 Å². The highest BCUT2D eigenvalue weighted by Crippen LogP contribution is 2.35. The van der Waals surface area contributed by atoms with Gasteiger partial charge in [0.25, 0.3) is 0 Å². The van der Waals surface area contributed by atoms with Gasteiger partial charge in [0.2, 0.25) is 0 Å². The predicted molar refractivity (Wildman–Crippen MR) is 110 cm³/mol. The summed E-state index contributed by atoms with van der Waals surface area (Å²) in [7, 11) is 0. The number of hydrogen-bond donors (Lipinski definition) is 2. The fourth-order valence-corrected chi connectivity index (χ4v) is 4.51. The molecule has 1 fully saturated rings. The fourth-order valence-electron chi connectivity index (χ4n) is 4.51. The third kappa shape index (κ3) is 3.40. The molecule has 144 valence electrons. The van der Waals surface area contributed by atoms with Crippen molar-refractivity contribution in [2.45, 2.75) is 50.5 Å². The summed E-state index contributed by atoms with van der Waals surface area (Å²) < 4.78 is 1.82. The van der Waals surface area contributed by atoms with Gasteiger partial charge in [-0.3, -0.25) is 0 Å². The topological polar surface area (TPSA) is 70.9 Å². The Kier molecular flexibility index (Phi) is 4.79. The number of rotatable bonds is 6. The Labute approximate surface area is 164 Å². The highest BCUT2D eigenvalue weighted by atomic mass is 15.4. The van der Waals surface area contributed by atoms with E-state index in [1.54, 1.807) is 6.33 Å². The van der Waals surface area contributed by atoms with Gasteiger partial charge in [-0.05, 0) is 56.7 Å². The van der Waals surface area contributed by atoms with E-state index in [-0.39, 0.29) is 0 Å². The maximum Gasteiger partial charge on any atom is 0.141 e. The van der Waals surface area contributed by atoms with Crippen LogP contribution in [0.15, 0.2) is 48.9 Å². The van der Waals surface area contributed by atoms with Gasteiger partial charge in [0.05, 0.1) is 5.69 Å². The van der Waals surface area contributed by atoms with Crippen molar-refractivity contribution < 1.29 is 0 Å². The van der Waals surface area contributed by atoms with Crippen molar-refractivity contribution in [1.29, 1.82) is 0 Å². The van der Waals surface area contributed by atoms with E-state index in [1.165, 1.54) is 37.7 Å². The van der Waals surface area contributed by atoms with Gasteiger partial charge < -0.3 is 10.3 Å². The molecule has 28 heavy (non-hydrogen) atoms. The first-order valence-electron chi connectivity index (χ1n) is 10.3. The second-order valence-electron chi connectivity index (χ2n) is 7.84. The Morgan fingerprint density at radius 3 is 2.79 bits per heavy atom. The Balaban J connectivity index is 1.17. The number of benzene rings is 1. The van der Waals surface area contributed by atoms with Crippen molar-refractivity contribution in [3.05, 3.63) is 60.2 Å². The van der Waals surface area contributed by atoms with Crippen LogP contribution in [-0.4, -0.2) is 37.4 Å². The monoisotopic (exact) mass is 374 g/mol. The molecule has 5 rings (SSSR count). The zero-order chi connectivity index (χ0) is 18.8. The summed E-state index contributed by atoms with van der Waals surface area (Å²) in [5, 5.41) is 13.7. The van der Waals surface area contributed by atoms with E-state index in [4.69, 9.17) is 0 Å². The van der Waals surface area contributed by atoms with Crippen LogP contribution in [0.3, 0.4) is 0 Å². The van der Waals surface area contributed by atoms with E-state index in [2.05, 4.69) is 62.0 Å². The summed E-state index contributed by atoms with van der Waals surface area (Å²) in [6, 6.07) is 13.5. The highest BCUT2D eigenvalue weighted by Gasteiger charge is 2.26. The number of nitrogens with one attached hydrogen (secondary N) is 2. The first-order valence-corrected chi connectivity index (χ1v) is 10.3. The van der Waals surface area contributed by atoms with Crippen LogP contribution in [0.5, 0.6) is 0 Å². The maximum atomic E-state index is 4.52. The third-order valence-corrected chi connectivity index (χ3v) is 6.03. The quantitative estimate of drug-likeness (QED) is 0.503. The maximum absolute atomic E-state index is 4.52. The number of H-pyrrole nitrogens is 1. The molecule has 4 aromatic rings. The van der Waals surface area contributed by atoms with E-state index in [0.29, 0.717) is 12.0 Å². The SMILES string of the molecule is c1ccc(CCCNC2CCC(c3nnn4cnc5[nH]ccc5c34)CC2)cc1. The van der Waals surface area contributed by atoms with Crippen LogP contribution in [0.1, 0.15) is 49.3 Å². The standard InChI is InChI=1S/C22H26N6/c1-2-5-16(6-3-1)7-4-13-23-18-10-8-17(9-11-18)20-21-19-12-14-24-22(19)25-15-28(21)27-26-20/h1-3,5-6,12,14-15,17-18,23-24H,4,7-11,13H2. The van der Waals surface area contributed by atoms with Gasteiger partial charge in [-0.25, -0.2) is 9.50 Å². The zero-order valence-electron chi connectivity index (χ0n) is 16.0. The van der Waals surface area contributed by atoms with Crippen molar-refractivity contribution in [2.75, 3.05) is 6.54 Å². The molecule has 0 saturated heterocycles. The van der Waals surface area contributed by atoms with Crippen LogP contribution >= 0.6 is 0 Å². The molecule has 3 heterocycles. The average Bonchev–Trinajstić information content (AvgIpc) is 3.39. The van der Waals surface area contributed by atoms with Gasteiger partial charge >= 0.3 is 0 Å². The second-order valence-corrected chi connectivity index (χ2v) is 7.84. The number of fused-ring (bicyclic) bond motifs is 3. The molecular weight excluding hydrogens is 348 g/mol. The van der Waals surface area contributed by atoms with Gasteiger partial charge in [-0.1, -0.05) is 35.5 Å². The molecule has 0 spiro atoms. The van der Waals surface area contributed by atoms with Gasteiger partial charge in [-0.15, -0.1) is 5.10 Å². The number of aromatic nitrogens is 5. The Hall–Kier alpha value is -2.73. The van der Waals surface area contributed by atoms with Crippen LogP contribution in [0.25, 0.3) is 16.6 Å². The van der Waals surface area contributed by atoms with Gasteiger partial charge in [0.1, 0.15) is 17.5 Å². The molecular formula is C22H26N6. The van der Waals surface area contributed by atoms with E-state index in [1.807, 2.05) is 10.7 Å². The Morgan fingerprint density at radius 1 is 1.07 bits per heavy atom. The largest absolute Gasteiger partial charge is 0.346 e. The zero-order valence-corrected chi connectivity index (χ0v) is 16.0. The number of hydrogen-bond acceptors (Lipinski definition) is 4. The first kappa shape index (κ1) is 17.4. The van der Waals surface area contributed by atoms with Crippen LogP contribution in [0.4, 0.5) is 0 Å². The second kappa shape index (κ2) is 7.72. The molecule has 0 amide bonds. The molecule has 2 N–H and O–H groups in total.